The van der Waals surface area contributed by atoms with Crippen LogP contribution in [0.25, 0.3) is 0 Å². The van der Waals surface area contributed by atoms with Crippen LogP contribution in [0.2, 0.25) is 0 Å². The van der Waals surface area contributed by atoms with Crippen molar-refractivity contribution in [3.63, 3.8) is 0 Å². The van der Waals surface area contributed by atoms with Gasteiger partial charge >= 0.3 is 5.97 Å². The molecule has 0 heterocycles. The van der Waals surface area contributed by atoms with Gasteiger partial charge in [0.05, 0.1) is 6.61 Å². The minimum Gasteiger partial charge on any atom is -0.461 e. The van der Waals surface area contributed by atoms with Crippen LogP contribution < -0.4 is 0 Å². The maximum Gasteiger partial charge on any atom is 0.356 e. The third-order valence-electron chi connectivity index (χ3n) is 1.40. The molecule has 0 aliphatic carbocycles. The minimum atomic E-state index is -0.520. The van der Waals surface area contributed by atoms with Gasteiger partial charge in [0.15, 0.2) is 5.71 Å². The summed E-state index contributed by atoms with van der Waals surface area (Å²) >= 11 is 0. The Labute approximate surface area is 72.2 Å². The molecule has 0 spiro atoms. The average Bonchev–Trinajstić information content (AvgIpc) is 2.06. The first-order valence-electron chi connectivity index (χ1n) is 4.14. The highest BCUT2D eigenvalue weighted by atomic mass is 16.5. The average molecular weight is 173 g/mol. The lowest BCUT2D eigenvalue weighted by atomic mass is 10.2. The smallest absolute Gasteiger partial charge is 0.356 e. The Bertz CT molecular complexity index is 166. The minimum absolute atomic E-state index is 0.110. The quantitative estimate of drug-likeness (QED) is 0.297. The SMILES string of the molecule is CCCC/C(=N/O)C(=O)OCC. The molecule has 0 amide bonds. The van der Waals surface area contributed by atoms with Crippen molar-refractivity contribution in [1.29, 1.82) is 0 Å². The number of nitrogens with zero attached hydrogens (tertiary/aromatic N) is 1. The van der Waals surface area contributed by atoms with Crippen molar-refractivity contribution in [1.82, 2.24) is 0 Å². The molecule has 0 aromatic rings. The van der Waals surface area contributed by atoms with Crippen molar-refractivity contribution in [3.8, 4) is 0 Å². The van der Waals surface area contributed by atoms with Gasteiger partial charge in [-0.2, -0.15) is 0 Å². The van der Waals surface area contributed by atoms with Gasteiger partial charge in [-0.1, -0.05) is 18.5 Å². The molecule has 70 valence electrons. The fourth-order valence-electron chi connectivity index (χ4n) is 0.752. The van der Waals surface area contributed by atoms with Crippen LogP contribution in [0.5, 0.6) is 0 Å². The number of oxime groups is 1. The van der Waals surface area contributed by atoms with Crippen LogP contribution in [0.4, 0.5) is 0 Å². The summed E-state index contributed by atoms with van der Waals surface area (Å²) in [7, 11) is 0. The zero-order valence-corrected chi connectivity index (χ0v) is 7.54. The summed E-state index contributed by atoms with van der Waals surface area (Å²) < 4.78 is 4.66. The fraction of sp³-hybridized carbons (Fsp3) is 0.750. The van der Waals surface area contributed by atoms with E-state index in [-0.39, 0.29) is 5.71 Å². The van der Waals surface area contributed by atoms with Crippen molar-refractivity contribution in [2.45, 2.75) is 33.1 Å². The standard InChI is InChI=1S/C8H15NO3/c1-3-5-6-7(9-11)8(10)12-4-2/h11H,3-6H2,1-2H3/b9-7-. The Morgan fingerprint density at radius 1 is 1.50 bits per heavy atom. The van der Waals surface area contributed by atoms with E-state index in [9.17, 15) is 4.79 Å². The summed E-state index contributed by atoms with van der Waals surface area (Å²) in [6.07, 6.45) is 2.27. The molecule has 0 saturated carbocycles. The lowest BCUT2D eigenvalue weighted by Gasteiger charge is -2.01. The second-order valence-electron chi connectivity index (χ2n) is 2.37. The summed E-state index contributed by atoms with van der Waals surface area (Å²) in [6, 6.07) is 0. The molecule has 0 unspecified atom stereocenters. The van der Waals surface area contributed by atoms with Crippen LogP contribution in [0.15, 0.2) is 5.16 Å². The van der Waals surface area contributed by atoms with Crippen molar-refractivity contribution < 1.29 is 14.7 Å². The number of hydrogen-bond donors (Lipinski definition) is 1. The van der Waals surface area contributed by atoms with Crippen LogP contribution in [0, 0.1) is 0 Å². The Morgan fingerprint density at radius 2 is 2.17 bits per heavy atom. The number of unbranched alkanes of at least 4 members (excludes halogenated alkanes) is 1. The van der Waals surface area contributed by atoms with Gasteiger partial charge in [-0.3, -0.25) is 0 Å². The predicted molar refractivity (Wildman–Crippen MR) is 45.4 cm³/mol. The van der Waals surface area contributed by atoms with Gasteiger partial charge in [0.25, 0.3) is 0 Å². The Balaban J connectivity index is 3.90. The van der Waals surface area contributed by atoms with E-state index in [1.165, 1.54) is 0 Å². The number of carbonyl (C=O) groups is 1. The maximum absolute atomic E-state index is 11.0. The van der Waals surface area contributed by atoms with E-state index in [2.05, 4.69) is 9.89 Å². The van der Waals surface area contributed by atoms with E-state index < -0.39 is 5.97 Å². The largest absolute Gasteiger partial charge is 0.461 e. The highest BCUT2D eigenvalue weighted by Gasteiger charge is 2.11. The molecule has 0 aromatic carbocycles. The molecule has 4 nitrogen and oxygen atoms in total. The number of ether oxygens (including phenoxy) is 1. The van der Waals surface area contributed by atoms with Gasteiger partial charge < -0.3 is 9.94 Å². The van der Waals surface area contributed by atoms with Gasteiger partial charge in [0.2, 0.25) is 0 Å². The zero-order chi connectivity index (χ0) is 9.40. The normalized spacial score (nSPS) is 11.3. The first kappa shape index (κ1) is 10.9. The van der Waals surface area contributed by atoms with E-state index in [1.807, 2.05) is 6.92 Å². The van der Waals surface area contributed by atoms with Gasteiger partial charge in [-0.25, -0.2) is 4.79 Å². The Hall–Kier alpha value is -1.06. The van der Waals surface area contributed by atoms with Crippen LogP contribution in [0.1, 0.15) is 33.1 Å². The molecule has 0 radical (unpaired) electrons. The van der Waals surface area contributed by atoms with Gasteiger partial charge in [0.1, 0.15) is 0 Å². The molecule has 1 N–H and O–H groups in total. The van der Waals surface area contributed by atoms with E-state index >= 15 is 0 Å². The van der Waals surface area contributed by atoms with Crippen molar-refractivity contribution in [3.05, 3.63) is 0 Å². The summed E-state index contributed by atoms with van der Waals surface area (Å²) in [5, 5.41) is 11.3. The monoisotopic (exact) mass is 173 g/mol. The van der Waals surface area contributed by atoms with Gasteiger partial charge in [0, 0.05) is 6.42 Å². The van der Waals surface area contributed by atoms with Crippen LogP contribution in [0.3, 0.4) is 0 Å². The summed E-state index contributed by atoms with van der Waals surface area (Å²) in [5.41, 5.74) is 0.110. The molecule has 0 saturated heterocycles. The van der Waals surface area contributed by atoms with Crippen LogP contribution in [-0.4, -0.2) is 23.5 Å². The molecule has 0 rings (SSSR count). The lowest BCUT2D eigenvalue weighted by molar-refractivity contribution is -0.135. The molecule has 0 atom stereocenters. The molecule has 0 bridgehead atoms. The molecular weight excluding hydrogens is 158 g/mol. The third kappa shape index (κ3) is 3.95. The second-order valence-corrected chi connectivity index (χ2v) is 2.37. The highest BCUT2D eigenvalue weighted by Crippen LogP contribution is 1.98. The first-order chi connectivity index (χ1) is 5.76. The predicted octanol–water partition coefficient (Wildman–Crippen LogP) is 1.57. The summed E-state index contributed by atoms with van der Waals surface area (Å²) in [6.45, 7) is 4.02. The van der Waals surface area contributed by atoms with Crippen molar-refractivity contribution in [2.24, 2.45) is 5.16 Å². The van der Waals surface area contributed by atoms with Crippen molar-refractivity contribution in [2.75, 3.05) is 6.61 Å². The Kier molecular flexibility index (Phi) is 6.05. The lowest BCUT2D eigenvalue weighted by Crippen LogP contribution is -2.17. The van der Waals surface area contributed by atoms with E-state index in [1.54, 1.807) is 6.92 Å². The third-order valence-corrected chi connectivity index (χ3v) is 1.40. The molecule has 0 aromatic heterocycles. The first-order valence-corrected chi connectivity index (χ1v) is 4.14. The van der Waals surface area contributed by atoms with E-state index in [0.29, 0.717) is 13.0 Å². The van der Waals surface area contributed by atoms with Crippen LogP contribution >= 0.6 is 0 Å². The number of carbonyl (C=O) groups excluding carboxylic acids is 1. The fourth-order valence-corrected chi connectivity index (χ4v) is 0.752. The van der Waals surface area contributed by atoms with E-state index in [0.717, 1.165) is 12.8 Å². The van der Waals surface area contributed by atoms with Crippen LogP contribution in [-0.2, 0) is 9.53 Å². The molecule has 0 fully saturated rings. The molecular formula is C8H15NO3. The maximum atomic E-state index is 11.0. The number of rotatable bonds is 5. The molecule has 0 aliphatic rings. The molecule has 4 heteroatoms. The summed E-state index contributed by atoms with van der Waals surface area (Å²) in [4.78, 5) is 11.0. The second kappa shape index (κ2) is 6.64. The molecule has 12 heavy (non-hydrogen) atoms. The Morgan fingerprint density at radius 3 is 2.58 bits per heavy atom. The van der Waals surface area contributed by atoms with Gasteiger partial charge in [-0.05, 0) is 13.3 Å². The number of hydrogen-bond acceptors (Lipinski definition) is 4. The molecule has 0 aliphatic heterocycles. The highest BCUT2D eigenvalue weighted by molar-refractivity contribution is 6.36. The number of esters is 1. The topological polar surface area (TPSA) is 58.9 Å². The van der Waals surface area contributed by atoms with Gasteiger partial charge in [-0.15, -0.1) is 0 Å². The summed E-state index contributed by atoms with van der Waals surface area (Å²) in [5.74, 6) is -0.520. The van der Waals surface area contributed by atoms with E-state index in [4.69, 9.17) is 5.21 Å². The zero-order valence-electron chi connectivity index (χ0n) is 7.54. The van der Waals surface area contributed by atoms with Crippen molar-refractivity contribution >= 4 is 11.7 Å².